The van der Waals surface area contributed by atoms with E-state index in [-0.39, 0.29) is 17.7 Å². The van der Waals surface area contributed by atoms with E-state index >= 15 is 0 Å². The summed E-state index contributed by atoms with van der Waals surface area (Å²) in [4.78, 5) is 17.8. The second-order valence-electron chi connectivity index (χ2n) is 9.47. The minimum atomic E-state index is -3.48. The zero-order valence-corrected chi connectivity index (χ0v) is 20.3. The zero-order chi connectivity index (χ0) is 23.3. The monoisotopic (exact) mass is 469 g/mol. The molecule has 1 aliphatic heterocycles. The molecule has 1 amide bonds. The molecule has 1 heterocycles. The normalized spacial score (nSPS) is 22.3. The number of sulfonamides is 1. The Bertz CT molecular complexity index is 1010. The minimum absolute atomic E-state index is 0.0793. The van der Waals surface area contributed by atoms with Gasteiger partial charge in [-0.15, -0.1) is 0 Å². The number of amides is 1. The first-order chi connectivity index (χ1) is 15.9. The van der Waals surface area contributed by atoms with Gasteiger partial charge in [-0.1, -0.05) is 48.0 Å². The molecule has 33 heavy (non-hydrogen) atoms. The maximum absolute atomic E-state index is 13.1. The van der Waals surface area contributed by atoms with Crippen molar-refractivity contribution in [1.29, 1.82) is 0 Å². The fourth-order valence-corrected chi connectivity index (χ4v) is 5.98. The molecule has 0 unspecified atom stereocenters. The third kappa shape index (κ3) is 6.43. The first-order valence-electron chi connectivity index (χ1n) is 12.0. The van der Waals surface area contributed by atoms with Crippen molar-refractivity contribution in [2.45, 2.75) is 44.0 Å². The van der Waals surface area contributed by atoms with Gasteiger partial charge in [-0.2, -0.15) is 0 Å². The smallest absolute Gasteiger partial charge is 0.240 e. The molecular weight excluding hydrogens is 434 g/mol. The van der Waals surface area contributed by atoms with Crippen LogP contribution in [-0.2, 0) is 21.4 Å². The highest BCUT2D eigenvalue weighted by Gasteiger charge is 2.31. The fraction of sp³-hybridized carbons (Fsp3) is 0.500. The fourth-order valence-electron chi connectivity index (χ4n) is 4.87. The Kier molecular flexibility index (Phi) is 7.83. The summed E-state index contributed by atoms with van der Waals surface area (Å²) in [6, 6.07) is 17.4. The number of carbonyl (C=O) groups excluding carboxylic acids is 1. The van der Waals surface area contributed by atoms with Gasteiger partial charge in [0.2, 0.25) is 15.9 Å². The standard InChI is InChI=1S/C26H35N3O3S/c1-21-7-13-25(14-8-21)33(31,32)27-19-22-9-11-24(12-10-22)26(30)29-17-15-28(16-18-29)20-23-5-3-2-4-6-23/h2-8,13-14,22,24,27H,9-12,15-20H2,1H3. The highest BCUT2D eigenvalue weighted by atomic mass is 32.2. The average molecular weight is 470 g/mol. The van der Waals surface area contributed by atoms with Crippen LogP contribution >= 0.6 is 0 Å². The number of carbonyl (C=O) groups is 1. The summed E-state index contributed by atoms with van der Waals surface area (Å²) in [6.07, 6.45) is 3.47. The number of hydrogen-bond donors (Lipinski definition) is 1. The van der Waals surface area contributed by atoms with E-state index in [1.165, 1.54) is 5.56 Å². The summed E-state index contributed by atoms with van der Waals surface area (Å²) >= 11 is 0. The Morgan fingerprint density at radius 3 is 2.18 bits per heavy atom. The number of hydrogen-bond acceptors (Lipinski definition) is 4. The van der Waals surface area contributed by atoms with Crippen LogP contribution < -0.4 is 4.72 Å². The van der Waals surface area contributed by atoms with E-state index in [2.05, 4.69) is 33.9 Å². The van der Waals surface area contributed by atoms with Crippen LogP contribution in [0.4, 0.5) is 0 Å². The third-order valence-electron chi connectivity index (χ3n) is 7.02. The number of piperazine rings is 1. The highest BCUT2D eigenvalue weighted by molar-refractivity contribution is 7.89. The molecule has 2 aromatic carbocycles. The molecule has 2 aromatic rings. The van der Waals surface area contributed by atoms with Crippen LogP contribution in [0.3, 0.4) is 0 Å². The molecule has 0 aromatic heterocycles. The van der Waals surface area contributed by atoms with E-state index in [0.717, 1.165) is 64.0 Å². The predicted molar refractivity (Wildman–Crippen MR) is 130 cm³/mol. The Morgan fingerprint density at radius 2 is 1.55 bits per heavy atom. The van der Waals surface area contributed by atoms with Crippen LogP contribution in [0.15, 0.2) is 59.5 Å². The number of nitrogens with zero attached hydrogens (tertiary/aromatic N) is 2. The van der Waals surface area contributed by atoms with Gasteiger partial charge in [0, 0.05) is 45.2 Å². The Labute approximate surface area is 198 Å². The molecule has 1 N–H and O–H groups in total. The van der Waals surface area contributed by atoms with E-state index in [1.807, 2.05) is 30.0 Å². The van der Waals surface area contributed by atoms with Gasteiger partial charge >= 0.3 is 0 Å². The molecule has 178 valence electrons. The van der Waals surface area contributed by atoms with Crippen molar-refractivity contribution in [2.75, 3.05) is 32.7 Å². The topological polar surface area (TPSA) is 69.7 Å². The molecule has 1 saturated carbocycles. The van der Waals surface area contributed by atoms with Crippen molar-refractivity contribution in [2.24, 2.45) is 11.8 Å². The molecule has 7 heteroatoms. The Balaban J connectivity index is 1.19. The quantitative estimate of drug-likeness (QED) is 0.675. The summed E-state index contributed by atoms with van der Waals surface area (Å²) in [5, 5.41) is 0. The van der Waals surface area contributed by atoms with Gasteiger partial charge in [0.1, 0.15) is 0 Å². The van der Waals surface area contributed by atoms with Crippen LogP contribution in [0.25, 0.3) is 0 Å². The third-order valence-corrected chi connectivity index (χ3v) is 8.46. The van der Waals surface area contributed by atoms with Gasteiger partial charge in [-0.3, -0.25) is 9.69 Å². The maximum atomic E-state index is 13.1. The summed E-state index contributed by atoms with van der Waals surface area (Å²) in [5.41, 5.74) is 2.35. The van der Waals surface area contributed by atoms with Gasteiger partial charge in [0.25, 0.3) is 0 Å². The highest BCUT2D eigenvalue weighted by Crippen LogP contribution is 2.30. The molecule has 2 fully saturated rings. The first kappa shape index (κ1) is 23.9. The second kappa shape index (κ2) is 10.8. The molecule has 1 saturated heterocycles. The Morgan fingerprint density at radius 1 is 0.909 bits per heavy atom. The largest absolute Gasteiger partial charge is 0.340 e. The molecule has 0 radical (unpaired) electrons. The van der Waals surface area contributed by atoms with E-state index < -0.39 is 10.0 Å². The summed E-state index contributed by atoms with van der Waals surface area (Å²) in [6.45, 7) is 6.73. The van der Waals surface area contributed by atoms with Crippen molar-refractivity contribution < 1.29 is 13.2 Å². The minimum Gasteiger partial charge on any atom is -0.340 e. The summed E-state index contributed by atoms with van der Waals surface area (Å²) < 4.78 is 27.8. The maximum Gasteiger partial charge on any atom is 0.240 e. The summed E-state index contributed by atoms with van der Waals surface area (Å²) in [7, 11) is -3.48. The van der Waals surface area contributed by atoms with Crippen LogP contribution in [-0.4, -0.2) is 56.8 Å². The van der Waals surface area contributed by atoms with Crippen LogP contribution in [0, 0.1) is 18.8 Å². The van der Waals surface area contributed by atoms with Crippen molar-refractivity contribution in [1.82, 2.24) is 14.5 Å². The predicted octanol–water partition coefficient (Wildman–Crippen LogP) is 3.42. The van der Waals surface area contributed by atoms with Gasteiger partial charge < -0.3 is 4.90 Å². The molecule has 1 aliphatic carbocycles. The lowest BCUT2D eigenvalue weighted by Crippen LogP contribution is -2.50. The van der Waals surface area contributed by atoms with Crippen molar-refractivity contribution in [3.63, 3.8) is 0 Å². The van der Waals surface area contributed by atoms with Gasteiger partial charge in [-0.25, -0.2) is 13.1 Å². The lowest BCUT2D eigenvalue weighted by molar-refractivity contribution is -0.138. The van der Waals surface area contributed by atoms with E-state index in [9.17, 15) is 13.2 Å². The SMILES string of the molecule is Cc1ccc(S(=O)(=O)NCC2CCC(C(=O)N3CCN(Cc4ccccc4)CC3)CC2)cc1. The number of benzene rings is 2. The lowest BCUT2D eigenvalue weighted by atomic mass is 9.81. The van der Waals surface area contributed by atoms with E-state index in [4.69, 9.17) is 0 Å². The zero-order valence-electron chi connectivity index (χ0n) is 19.4. The number of nitrogens with one attached hydrogen (secondary N) is 1. The average Bonchev–Trinajstić information content (AvgIpc) is 2.84. The van der Waals surface area contributed by atoms with Crippen molar-refractivity contribution in [3.8, 4) is 0 Å². The number of aryl methyl sites for hydroxylation is 1. The second-order valence-corrected chi connectivity index (χ2v) is 11.2. The molecule has 0 bridgehead atoms. The van der Waals surface area contributed by atoms with Gasteiger partial charge in [-0.05, 0) is 56.2 Å². The van der Waals surface area contributed by atoms with Crippen molar-refractivity contribution >= 4 is 15.9 Å². The van der Waals surface area contributed by atoms with Gasteiger partial charge in [0.05, 0.1) is 4.90 Å². The van der Waals surface area contributed by atoms with Crippen LogP contribution in [0.2, 0.25) is 0 Å². The summed E-state index contributed by atoms with van der Waals surface area (Å²) in [5.74, 6) is 0.653. The molecule has 0 spiro atoms. The van der Waals surface area contributed by atoms with E-state index in [0.29, 0.717) is 11.4 Å². The van der Waals surface area contributed by atoms with E-state index in [1.54, 1.807) is 12.1 Å². The molecular formula is C26H35N3O3S. The number of rotatable bonds is 7. The molecule has 0 atom stereocenters. The van der Waals surface area contributed by atoms with Crippen LogP contribution in [0.1, 0.15) is 36.8 Å². The van der Waals surface area contributed by atoms with Crippen molar-refractivity contribution in [3.05, 3.63) is 65.7 Å². The Hall–Kier alpha value is -2.22. The van der Waals surface area contributed by atoms with Gasteiger partial charge in [0.15, 0.2) is 0 Å². The lowest BCUT2D eigenvalue weighted by Gasteiger charge is -2.38. The molecule has 6 nitrogen and oxygen atoms in total. The molecule has 4 rings (SSSR count). The first-order valence-corrected chi connectivity index (χ1v) is 13.5. The van der Waals surface area contributed by atoms with Crippen LogP contribution in [0.5, 0.6) is 0 Å². The molecule has 2 aliphatic rings.